The van der Waals surface area contributed by atoms with E-state index in [4.69, 9.17) is 4.74 Å². The standard InChI is InChI=1S/C11H18O4/c1-8(2)5-4-6-15-11(14)10(13)7-9(3)12/h8H,4-7H2,1-3H3. The van der Waals surface area contributed by atoms with Crippen LogP contribution in [0.25, 0.3) is 0 Å². The molecule has 0 aliphatic rings. The first-order valence-electron chi connectivity index (χ1n) is 5.13. The molecule has 0 heterocycles. The lowest BCUT2D eigenvalue weighted by atomic mass is 10.1. The number of carbonyl (C=O) groups excluding carboxylic acids is 3. The first-order chi connectivity index (χ1) is 6.93. The van der Waals surface area contributed by atoms with Crippen molar-refractivity contribution < 1.29 is 19.1 Å². The molecule has 0 aliphatic carbocycles. The first kappa shape index (κ1) is 13.8. The second kappa shape index (κ2) is 7.15. The third-order valence-electron chi connectivity index (χ3n) is 1.80. The Morgan fingerprint density at radius 1 is 1.20 bits per heavy atom. The second-order valence-electron chi connectivity index (χ2n) is 3.97. The molecule has 0 saturated heterocycles. The Kier molecular flexibility index (Phi) is 6.58. The Labute approximate surface area is 90.0 Å². The van der Waals surface area contributed by atoms with Gasteiger partial charge < -0.3 is 4.74 Å². The zero-order chi connectivity index (χ0) is 11.8. The Bertz CT molecular complexity index is 243. The minimum atomic E-state index is -0.894. The summed E-state index contributed by atoms with van der Waals surface area (Å²) in [5.41, 5.74) is 0. The van der Waals surface area contributed by atoms with Crippen LogP contribution in [-0.2, 0) is 19.1 Å². The van der Waals surface area contributed by atoms with Gasteiger partial charge in [0.25, 0.3) is 0 Å². The quantitative estimate of drug-likeness (QED) is 0.279. The molecule has 4 nitrogen and oxygen atoms in total. The fraction of sp³-hybridized carbons (Fsp3) is 0.727. The smallest absolute Gasteiger partial charge is 0.375 e. The van der Waals surface area contributed by atoms with E-state index in [0.717, 1.165) is 12.8 Å². The Morgan fingerprint density at radius 3 is 2.27 bits per heavy atom. The second-order valence-corrected chi connectivity index (χ2v) is 3.97. The van der Waals surface area contributed by atoms with Crippen LogP contribution in [0, 0.1) is 5.92 Å². The lowest BCUT2D eigenvalue weighted by molar-refractivity contribution is -0.154. The van der Waals surface area contributed by atoms with E-state index in [0.29, 0.717) is 5.92 Å². The van der Waals surface area contributed by atoms with Crippen molar-refractivity contribution in [2.45, 2.75) is 40.0 Å². The molecule has 0 spiro atoms. The molecule has 86 valence electrons. The van der Waals surface area contributed by atoms with E-state index in [-0.39, 0.29) is 18.8 Å². The number of hydrogen-bond acceptors (Lipinski definition) is 4. The number of esters is 1. The fourth-order valence-electron chi connectivity index (χ4n) is 1.04. The summed E-state index contributed by atoms with van der Waals surface area (Å²) in [4.78, 5) is 32.5. The molecule has 0 fully saturated rings. The van der Waals surface area contributed by atoms with E-state index in [9.17, 15) is 14.4 Å². The highest BCUT2D eigenvalue weighted by atomic mass is 16.5. The molecular formula is C11H18O4. The molecule has 0 atom stereocenters. The number of ether oxygens (including phenoxy) is 1. The molecule has 0 aromatic rings. The van der Waals surface area contributed by atoms with Crippen molar-refractivity contribution in [3.8, 4) is 0 Å². The van der Waals surface area contributed by atoms with Crippen molar-refractivity contribution in [1.29, 1.82) is 0 Å². The van der Waals surface area contributed by atoms with Gasteiger partial charge in [-0.3, -0.25) is 9.59 Å². The summed E-state index contributed by atoms with van der Waals surface area (Å²) in [5, 5.41) is 0. The van der Waals surface area contributed by atoms with Crippen LogP contribution in [0.1, 0.15) is 40.0 Å². The van der Waals surface area contributed by atoms with Crippen molar-refractivity contribution >= 4 is 17.5 Å². The highest BCUT2D eigenvalue weighted by Crippen LogP contribution is 2.03. The molecule has 0 bridgehead atoms. The summed E-state index contributed by atoms with van der Waals surface area (Å²) in [6, 6.07) is 0. The Morgan fingerprint density at radius 2 is 1.80 bits per heavy atom. The number of carbonyl (C=O) groups is 3. The third-order valence-corrected chi connectivity index (χ3v) is 1.80. The summed E-state index contributed by atoms with van der Waals surface area (Å²) in [7, 11) is 0. The maximum atomic E-state index is 11.0. The monoisotopic (exact) mass is 214 g/mol. The van der Waals surface area contributed by atoms with Gasteiger partial charge >= 0.3 is 5.97 Å². The Balaban J connectivity index is 3.65. The normalized spacial score (nSPS) is 10.1. The van der Waals surface area contributed by atoms with Crippen LogP contribution < -0.4 is 0 Å². The van der Waals surface area contributed by atoms with Crippen LogP contribution in [0.4, 0.5) is 0 Å². The van der Waals surface area contributed by atoms with E-state index in [1.807, 2.05) is 0 Å². The summed E-state index contributed by atoms with van der Waals surface area (Å²) in [5.74, 6) is -1.42. The van der Waals surface area contributed by atoms with Gasteiger partial charge in [-0.05, 0) is 25.7 Å². The van der Waals surface area contributed by atoms with Crippen molar-refractivity contribution in [3.63, 3.8) is 0 Å². The zero-order valence-electron chi connectivity index (χ0n) is 9.54. The average molecular weight is 214 g/mol. The number of hydrogen-bond donors (Lipinski definition) is 0. The largest absolute Gasteiger partial charge is 0.460 e. The highest BCUT2D eigenvalue weighted by Gasteiger charge is 2.16. The maximum absolute atomic E-state index is 11.0. The molecule has 0 radical (unpaired) electrons. The minimum Gasteiger partial charge on any atom is -0.460 e. The molecule has 0 amide bonds. The number of Topliss-reactive ketones (excluding diaryl/α,β-unsaturated/α-hetero) is 2. The molecule has 0 aromatic carbocycles. The fourth-order valence-corrected chi connectivity index (χ4v) is 1.04. The molecule has 0 N–H and O–H groups in total. The summed E-state index contributed by atoms with van der Waals surface area (Å²) >= 11 is 0. The molecule has 0 aromatic heterocycles. The van der Waals surface area contributed by atoms with Gasteiger partial charge in [0.15, 0.2) is 0 Å². The predicted octanol–water partition coefficient (Wildman–Crippen LogP) is 1.51. The highest BCUT2D eigenvalue weighted by molar-refractivity contribution is 6.36. The van der Waals surface area contributed by atoms with E-state index < -0.39 is 11.8 Å². The lowest BCUT2D eigenvalue weighted by Crippen LogP contribution is -2.20. The van der Waals surface area contributed by atoms with Gasteiger partial charge in [0, 0.05) is 0 Å². The summed E-state index contributed by atoms with van der Waals surface area (Å²) in [6.45, 7) is 5.66. The number of rotatable bonds is 7. The van der Waals surface area contributed by atoms with Crippen LogP contribution >= 0.6 is 0 Å². The van der Waals surface area contributed by atoms with Crippen LogP contribution in [0.5, 0.6) is 0 Å². The van der Waals surface area contributed by atoms with Crippen LogP contribution in [-0.4, -0.2) is 24.1 Å². The lowest BCUT2D eigenvalue weighted by Gasteiger charge is -2.05. The predicted molar refractivity (Wildman–Crippen MR) is 55.3 cm³/mol. The average Bonchev–Trinajstić information content (AvgIpc) is 2.10. The molecule has 15 heavy (non-hydrogen) atoms. The maximum Gasteiger partial charge on any atom is 0.375 e. The van der Waals surface area contributed by atoms with E-state index in [2.05, 4.69) is 13.8 Å². The molecule has 0 saturated carbocycles. The van der Waals surface area contributed by atoms with Gasteiger partial charge in [0.05, 0.1) is 13.0 Å². The van der Waals surface area contributed by atoms with Gasteiger partial charge in [-0.2, -0.15) is 0 Å². The Hall–Kier alpha value is -1.19. The van der Waals surface area contributed by atoms with Gasteiger partial charge in [0.1, 0.15) is 5.78 Å². The van der Waals surface area contributed by atoms with Crippen molar-refractivity contribution in [2.75, 3.05) is 6.61 Å². The summed E-state index contributed by atoms with van der Waals surface area (Å²) < 4.78 is 4.71. The topological polar surface area (TPSA) is 60.4 Å². The molecule has 4 heteroatoms. The van der Waals surface area contributed by atoms with Crippen LogP contribution in [0.15, 0.2) is 0 Å². The van der Waals surface area contributed by atoms with Crippen molar-refractivity contribution in [1.82, 2.24) is 0 Å². The van der Waals surface area contributed by atoms with Crippen molar-refractivity contribution in [2.24, 2.45) is 5.92 Å². The van der Waals surface area contributed by atoms with Crippen molar-refractivity contribution in [3.05, 3.63) is 0 Å². The van der Waals surface area contributed by atoms with E-state index in [1.54, 1.807) is 0 Å². The minimum absolute atomic E-state index is 0.251. The van der Waals surface area contributed by atoms with Crippen LogP contribution in [0.2, 0.25) is 0 Å². The van der Waals surface area contributed by atoms with Gasteiger partial charge in [-0.25, -0.2) is 4.79 Å². The molecular weight excluding hydrogens is 196 g/mol. The van der Waals surface area contributed by atoms with Gasteiger partial charge in [0.2, 0.25) is 5.78 Å². The molecule has 0 rings (SSSR count). The van der Waals surface area contributed by atoms with E-state index in [1.165, 1.54) is 6.92 Å². The van der Waals surface area contributed by atoms with Crippen LogP contribution in [0.3, 0.4) is 0 Å². The third kappa shape index (κ3) is 7.85. The number of ketones is 2. The van der Waals surface area contributed by atoms with E-state index >= 15 is 0 Å². The van der Waals surface area contributed by atoms with Gasteiger partial charge in [-0.15, -0.1) is 0 Å². The molecule has 0 aliphatic heterocycles. The van der Waals surface area contributed by atoms with Gasteiger partial charge in [-0.1, -0.05) is 13.8 Å². The summed E-state index contributed by atoms with van der Waals surface area (Å²) in [6.07, 6.45) is 1.34. The SMILES string of the molecule is CC(=O)CC(=O)C(=O)OCCCC(C)C. The molecule has 0 unspecified atom stereocenters. The zero-order valence-corrected chi connectivity index (χ0v) is 9.54. The first-order valence-corrected chi connectivity index (χ1v) is 5.13.